The lowest BCUT2D eigenvalue weighted by molar-refractivity contribution is -0.142. The van der Waals surface area contributed by atoms with E-state index in [-0.39, 0.29) is 0 Å². The lowest BCUT2D eigenvalue weighted by Crippen LogP contribution is -2.32. The quantitative estimate of drug-likeness (QED) is 0.586. The maximum absolute atomic E-state index is 11.1. The Morgan fingerprint density at radius 3 is 2.68 bits per heavy atom. The van der Waals surface area contributed by atoms with Crippen molar-refractivity contribution in [2.45, 2.75) is 25.0 Å². The van der Waals surface area contributed by atoms with Gasteiger partial charge in [-0.3, -0.25) is 4.79 Å². The first-order valence-electron chi connectivity index (χ1n) is 6.16. The van der Waals surface area contributed by atoms with Crippen LogP contribution in [0.3, 0.4) is 0 Å². The summed E-state index contributed by atoms with van der Waals surface area (Å²) in [6.07, 6.45) is 0.544. The van der Waals surface area contributed by atoms with Crippen LogP contribution in [-0.4, -0.2) is 35.7 Å². The Morgan fingerprint density at radius 2 is 2.11 bits per heavy atom. The lowest BCUT2D eigenvalue weighted by atomic mass is 9.99. The fourth-order valence-electron chi connectivity index (χ4n) is 1.63. The lowest BCUT2D eigenvalue weighted by Gasteiger charge is -2.23. The standard InChI is InChI=1S/C14H21NO3S/c1-14(17,11-6-4-3-5-7-11)10-19-9-8-12(15)13(16)18-2/h3-7,12,17H,8-10,15H2,1-2H3. The van der Waals surface area contributed by atoms with Gasteiger partial charge in [0, 0.05) is 5.75 Å². The van der Waals surface area contributed by atoms with Gasteiger partial charge in [-0.25, -0.2) is 0 Å². The van der Waals surface area contributed by atoms with Gasteiger partial charge in [0.25, 0.3) is 0 Å². The van der Waals surface area contributed by atoms with Crippen LogP contribution in [0.4, 0.5) is 0 Å². The van der Waals surface area contributed by atoms with E-state index in [0.717, 1.165) is 5.56 Å². The van der Waals surface area contributed by atoms with Crippen LogP contribution in [0.5, 0.6) is 0 Å². The van der Waals surface area contributed by atoms with Crippen molar-refractivity contribution in [2.75, 3.05) is 18.6 Å². The number of nitrogens with two attached hydrogens (primary N) is 1. The van der Waals surface area contributed by atoms with Gasteiger partial charge in [-0.1, -0.05) is 30.3 Å². The summed E-state index contributed by atoms with van der Waals surface area (Å²) in [7, 11) is 1.33. The van der Waals surface area contributed by atoms with E-state index in [1.54, 1.807) is 18.7 Å². The van der Waals surface area contributed by atoms with Crippen molar-refractivity contribution >= 4 is 17.7 Å². The van der Waals surface area contributed by atoms with E-state index in [9.17, 15) is 9.90 Å². The number of methoxy groups -OCH3 is 1. The second kappa shape index (κ2) is 7.53. The number of thioether (sulfide) groups is 1. The van der Waals surface area contributed by atoms with Crippen molar-refractivity contribution in [2.24, 2.45) is 5.73 Å². The Balaban J connectivity index is 2.35. The number of ether oxygens (including phenoxy) is 1. The number of hydrogen-bond donors (Lipinski definition) is 2. The van der Waals surface area contributed by atoms with Gasteiger partial charge in [-0.2, -0.15) is 11.8 Å². The normalized spacial score (nSPS) is 15.6. The van der Waals surface area contributed by atoms with E-state index in [1.807, 2.05) is 30.3 Å². The molecule has 0 aliphatic rings. The van der Waals surface area contributed by atoms with Crippen LogP contribution in [0, 0.1) is 0 Å². The van der Waals surface area contributed by atoms with Gasteiger partial charge >= 0.3 is 5.97 Å². The molecule has 0 saturated carbocycles. The molecule has 0 heterocycles. The van der Waals surface area contributed by atoms with Crippen LogP contribution >= 0.6 is 11.8 Å². The molecule has 0 aliphatic heterocycles. The molecule has 19 heavy (non-hydrogen) atoms. The van der Waals surface area contributed by atoms with E-state index >= 15 is 0 Å². The first kappa shape index (κ1) is 16.0. The highest BCUT2D eigenvalue weighted by molar-refractivity contribution is 7.99. The fraction of sp³-hybridized carbons (Fsp3) is 0.500. The molecule has 0 aromatic heterocycles. The molecule has 0 saturated heterocycles. The second-order valence-electron chi connectivity index (χ2n) is 4.61. The molecule has 5 heteroatoms. The average Bonchev–Trinajstić information content (AvgIpc) is 2.43. The topological polar surface area (TPSA) is 72.5 Å². The van der Waals surface area contributed by atoms with E-state index in [1.165, 1.54) is 7.11 Å². The molecular weight excluding hydrogens is 262 g/mol. The van der Waals surface area contributed by atoms with E-state index in [0.29, 0.717) is 17.9 Å². The molecule has 1 aromatic carbocycles. The number of carbonyl (C=O) groups excluding carboxylic acids is 1. The highest BCUT2D eigenvalue weighted by Gasteiger charge is 2.23. The molecular formula is C14H21NO3S. The number of aliphatic hydroxyl groups is 1. The van der Waals surface area contributed by atoms with Gasteiger partial charge in [0.2, 0.25) is 0 Å². The summed E-state index contributed by atoms with van der Waals surface area (Å²) in [6, 6.07) is 8.95. The fourth-order valence-corrected chi connectivity index (χ4v) is 2.76. The molecule has 1 aromatic rings. The number of hydrogen-bond acceptors (Lipinski definition) is 5. The Bertz CT molecular complexity index is 395. The average molecular weight is 283 g/mol. The number of esters is 1. The molecule has 106 valence electrons. The van der Waals surface area contributed by atoms with Crippen molar-refractivity contribution in [1.29, 1.82) is 0 Å². The first-order chi connectivity index (χ1) is 8.97. The second-order valence-corrected chi connectivity index (χ2v) is 5.72. The van der Waals surface area contributed by atoms with Crippen molar-refractivity contribution in [3.8, 4) is 0 Å². The summed E-state index contributed by atoms with van der Waals surface area (Å²) in [5.41, 5.74) is 5.65. The summed E-state index contributed by atoms with van der Waals surface area (Å²) in [4.78, 5) is 11.1. The highest BCUT2D eigenvalue weighted by Crippen LogP contribution is 2.25. The molecule has 0 bridgehead atoms. The van der Waals surface area contributed by atoms with Crippen LogP contribution in [0.2, 0.25) is 0 Å². The van der Waals surface area contributed by atoms with Crippen LogP contribution < -0.4 is 5.73 Å². The third kappa shape index (κ3) is 5.22. The zero-order valence-corrected chi connectivity index (χ0v) is 12.2. The molecule has 0 radical (unpaired) electrons. The number of carbonyl (C=O) groups is 1. The Kier molecular flexibility index (Phi) is 6.34. The molecule has 0 spiro atoms. The van der Waals surface area contributed by atoms with Crippen LogP contribution in [-0.2, 0) is 15.1 Å². The SMILES string of the molecule is COC(=O)C(N)CCSCC(C)(O)c1ccccc1. The van der Waals surface area contributed by atoms with Gasteiger partial charge in [0.1, 0.15) is 6.04 Å². The minimum Gasteiger partial charge on any atom is -0.468 e. The Morgan fingerprint density at radius 1 is 1.47 bits per heavy atom. The summed E-state index contributed by atoms with van der Waals surface area (Å²) in [5, 5.41) is 10.4. The molecule has 1 rings (SSSR count). The van der Waals surface area contributed by atoms with Crippen LogP contribution in [0.15, 0.2) is 30.3 Å². The highest BCUT2D eigenvalue weighted by atomic mass is 32.2. The molecule has 0 aliphatic carbocycles. The zero-order valence-electron chi connectivity index (χ0n) is 11.3. The Labute approximate surface area is 118 Å². The van der Waals surface area contributed by atoms with Gasteiger partial charge in [-0.05, 0) is 24.7 Å². The molecule has 3 N–H and O–H groups in total. The van der Waals surface area contributed by atoms with Crippen molar-refractivity contribution in [3.05, 3.63) is 35.9 Å². The third-order valence-corrected chi connectivity index (χ3v) is 4.15. The van der Waals surface area contributed by atoms with Gasteiger partial charge in [0.05, 0.1) is 12.7 Å². The largest absolute Gasteiger partial charge is 0.468 e. The predicted molar refractivity (Wildman–Crippen MR) is 77.9 cm³/mol. The third-order valence-electron chi connectivity index (χ3n) is 2.86. The van der Waals surface area contributed by atoms with Crippen molar-refractivity contribution in [1.82, 2.24) is 0 Å². The molecule has 4 nitrogen and oxygen atoms in total. The predicted octanol–water partition coefficient (Wildman–Crippen LogP) is 1.52. The minimum atomic E-state index is -0.874. The number of benzene rings is 1. The smallest absolute Gasteiger partial charge is 0.322 e. The molecule has 0 fully saturated rings. The van der Waals surface area contributed by atoms with E-state index in [4.69, 9.17) is 5.73 Å². The summed E-state index contributed by atoms with van der Waals surface area (Å²) in [6.45, 7) is 1.79. The number of rotatable bonds is 7. The van der Waals surface area contributed by atoms with Crippen LogP contribution in [0.1, 0.15) is 18.9 Å². The molecule has 2 atom stereocenters. The minimum absolute atomic E-state index is 0.393. The molecule has 0 amide bonds. The monoisotopic (exact) mass is 283 g/mol. The maximum atomic E-state index is 11.1. The maximum Gasteiger partial charge on any atom is 0.322 e. The summed E-state index contributed by atoms with van der Waals surface area (Å²) < 4.78 is 4.56. The van der Waals surface area contributed by atoms with Crippen LogP contribution in [0.25, 0.3) is 0 Å². The van der Waals surface area contributed by atoms with Gasteiger partial charge in [0.15, 0.2) is 0 Å². The summed E-state index contributed by atoms with van der Waals surface area (Å²) >= 11 is 1.57. The van der Waals surface area contributed by atoms with Gasteiger partial charge < -0.3 is 15.6 Å². The molecule has 2 unspecified atom stereocenters. The first-order valence-corrected chi connectivity index (χ1v) is 7.32. The van der Waals surface area contributed by atoms with E-state index < -0.39 is 17.6 Å². The summed E-state index contributed by atoms with van der Waals surface area (Å²) in [5.74, 6) is 0.875. The van der Waals surface area contributed by atoms with Crippen molar-refractivity contribution in [3.63, 3.8) is 0 Å². The van der Waals surface area contributed by atoms with Crippen molar-refractivity contribution < 1.29 is 14.6 Å². The van der Waals surface area contributed by atoms with E-state index in [2.05, 4.69) is 4.74 Å². The zero-order chi connectivity index (χ0) is 14.3. The Hall–Kier alpha value is -1.04. The van der Waals surface area contributed by atoms with Gasteiger partial charge in [-0.15, -0.1) is 0 Å².